The zero-order valence-corrected chi connectivity index (χ0v) is 8.61. The van der Waals surface area contributed by atoms with Gasteiger partial charge in [-0.3, -0.25) is 0 Å². The lowest BCUT2D eigenvalue weighted by molar-refractivity contribution is -0.141. The number of alkyl halides is 3. The monoisotopic (exact) mass is 225 g/mol. The molecule has 0 aromatic carbocycles. The van der Waals surface area contributed by atoms with Crippen LogP contribution in [0.5, 0.6) is 0 Å². The molecule has 0 amide bonds. The molecule has 0 aliphatic carbocycles. The predicted molar refractivity (Wildman–Crippen MR) is 51.6 cm³/mol. The van der Waals surface area contributed by atoms with Gasteiger partial charge in [-0.25, -0.2) is 4.98 Å². The molecule has 0 saturated carbocycles. The van der Waals surface area contributed by atoms with Gasteiger partial charge in [0.2, 0.25) is 0 Å². The third-order valence-corrected chi connectivity index (χ3v) is 1.79. The molecule has 0 unspecified atom stereocenters. The average Bonchev–Trinajstić information content (AvgIpc) is 2.58. The lowest BCUT2D eigenvalue weighted by Crippen LogP contribution is -2.18. The summed E-state index contributed by atoms with van der Waals surface area (Å²) in [6.45, 7) is -1.51. The SMILES string of the molecule is [2H]C([2H])([2H])C([2H])([2H])n1cc(C(F)(F)F)nc1C(C)(C)C. The summed E-state index contributed by atoms with van der Waals surface area (Å²) in [5.41, 5.74) is -2.25. The highest BCUT2D eigenvalue weighted by Gasteiger charge is 2.36. The molecule has 15 heavy (non-hydrogen) atoms. The second-order valence-corrected chi connectivity index (χ2v) is 4.18. The minimum Gasteiger partial charge on any atom is -0.334 e. The smallest absolute Gasteiger partial charge is 0.334 e. The summed E-state index contributed by atoms with van der Waals surface area (Å²) >= 11 is 0. The largest absolute Gasteiger partial charge is 0.434 e. The van der Waals surface area contributed by atoms with Crippen molar-refractivity contribution in [3.8, 4) is 0 Å². The van der Waals surface area contributed by atoms with Crippen LogP contribution in [-0.4, -0.2) is 9.55 Å². The highest BCUT2D eigenvalue weighted by molar-refractivity contribution is 5.13. The predicted octanol–water partition coefficient (Wildman–Crippen LogP) is 3.22. The van der Waals surface area contributed by atoms with E-state index in [9.17, 15) is 13.2 Å². The quantitative estimate of drug-likeness (QED) is 0.717. The van der Waals surface area contributed by atoms with Crippen molar-refractivity contribution in [2.75, 3.05) is 0 Å². The minimum atomic E-state index is -4.77. The summed E-state index contributed by atoms with van der Waals surface area (Å²) in [5, 5.41) is 0. The summed E-state index contributed by atoms with van der Waals surface area (Å²) in [6, 6.07) is 0. The summed E-state index contributed by atoms with van der Waals surface area (Å²) in [7, 11) is 0. The second-order valence-electron chi connectivity index (χ2n) is 4.18. The normalized spacial score (nSPS) is 20.0. The Labute approximate surface area is 94.1 Å². The van der Waals surface area contributed by atoms with Crippen molar-refractivity contribution in [3.05, 3.63) is 17.7 Å². The fourth-order valence-corrected chi connectivity index (χ4v) is 1.13. The molecule has 1 aromatic heterocycles. The van der Waals surface area contributed by atoms with Gasteiger partial charge >= 0.3 is 6.18 Å². The topological polar surface area (TPSA) is 17.8 Å². The zero-order valence-electron chi connectivity index (χ0n) is 13.6. The van der Waals surface area contributed by atoms with Crippen LogP contribution in [0.1, 0.15) is 46.0 Å². The summed E-state index contributed by atoms with van der Waals surface area (Å²) in [5.74, 6) is -0.272. The van der Waals surface area contributed by atoms with E-state index in [2.05, 4.69) is 4.98 Å². The second kappa shape index (κ2) is 3.54. The van der Waals surface area contributed by atoms with Crippen LogP contribution in [-0.2, 0) is 18.1 Å². The van der Waals surface area contributed by atoms with Crippen molar-refractivity contribution < 1.29 is 20.0 Å². The molecule has 0 fully saturated rings. The summed E-state index contributed by atoms with van der Waals surface area (Å²) < 4.78 is 75.3. The number of hydrogen-bond acceptors (Lipinski definition) is 1. The van der Waals surface area contributed by atoms with Gasteiger partial charge in [0.1, 0.15) is 5.82 Å². The molecule has 0 aliphatic rings. The van der Waals surface area contributed by atoms with Crippen molar-refractivity contribution in [1.29, 1.82) is 0 Å². The maximum absolute atomic E-state index is 12.7. The molecular formula is C10H15F3N2. The van der Waals surface area contributed by atoms with E-state index in [-0.39, 0.29) is 5.82 Å². The molecule has 0 N–H and O–H groups in total. The highest BCUT2D eigenvalue weighted by Crippen LogP contribution is 2.31. The van der Waals surface area contributed by atoms with Crippen LogP contribution in [0.25, 0.3) is 0 Å². The van der Waals surface area contributed by atoms with Gasteiger partial charge in [-0.1, -0.05) is 20.8 Å². The van der Waals surface area contributed by atoms with Gasteiger partial charge in [-0.15, -0.1) is 0 Å². The van der Waals surface area contributed by atoms with Crippen molar-refractivity contribution in [3.63, 3.8) is 0 Å². The van der Waals surface area contributed by atoms with Crippen molar-refractivity contribution in [1.82, 2.24) is 9.55 Å². The van der Waals surface area contributed by atoms with E-state index in [1.807, 2.05) is 0 Å². The Morgan fingerprint density at radius 2 is 2.07 bits per heavy atom. The Hall–Kier alpha value is -1.00. The number of nitrogens with zero attached hydrogens (tertiary/aromatic N) is 2. The molecule has 1 heterocycles. The van der Waals surface area contributed by atoms with Crippen molar-refractivity contribution in [2.45, 2.75) is 45.7 Å². The lowest BCUT2D eigenvalue weighted by Gasteiger charge is -2.18. The fraction of sp³-hybridized carbons (Fsp3) is 0.700. The molecule has 1 aromatic rings. The van der Waals surface area contributed by atoms with Gasteiger partial charge in [-0.05, 0) is 6.85 Å². The van der Waals surface area contributed by atoms with E-state index < -0.39 is 30.6 Å². The molecular weight excluding hydrogens is 205 g/mol. The van der Waals surface area contributed by atoms with Crippen LogP contribution in [0.2, 0.25) is 0 Å². The molecule has 86 valence electrons. The Balaban J connectivity index is 3.58. The van der Waals surface area contributed by atoms with Gasteiger partial charge in [0.25, 0.3) is 0 Å². The number of aromatic nitrogens is 2. The number of halogens is 3. The van der Waals surface area contributed by atoms with Crippen LogP contribution in [0, 0.1) is 0 Å². The van der Waals surface area contributed by atoms with Gasteiger partial charge in [0, 0.05) is 25.0 Å². The van der Waals surface area contributed by atoms with E-state index in [4.69, 9.17) is 6.85 Å². The first-order chi connectivity index (χ1) is 8.58. The maximum atomic E-state index is 12.7. The molecule has 0 bridgehead atoms. The molecule has 0 saturated heterocycles. The van der Waals surface area contributed by atoms with Gasteiger partial charge < -0.3 is 4.57 Å². The first-order valence-corrected chi connectivity index (χ1v) is 4.26. The number of hydrogen-bond donors (Lipinski definition) is 0. The standard InChI is InChI=1S/C10H15F3N2/c1-5-15-6-7(10(11,12)13)14-8(15)9(2,3)4/h6H,5H2,1-4H3/i1D3,5D2. The van der Waals surface area contributed by atoms with E-state index in [0.29, 0.717) is 10.8 Å². The minimum absolute atomic E-state index is 0.272. The number of imidazole rings is 1. The van der Waals surface area contributed by atoms with Gasteiger partial charge in [-0.2, -0.15) is 13.2 Å². The van der Waals surface area contributed by atoms with E-state index in [1.165, 1.54) is 20.8 Å². The first-order valence-electron chi connectivity index (χ1n) is 6.76. The fourth-order valence-electron chi connectivity index (χ4n) is 1.13. The van der Waals surface area contributed by atoms with E-state index in [1.54, 1.807) is 0 Å². The third-order valence-electron chi connectivity index (χ3n) is 1.79. The lowest BCUT2D eigenvalue weighted by atomic mass is 9.96. The van der Waals surface area contributed by atoms with Gasteiger partial charge in [0.05, 0.1) is 0 Å². The maximum Gasteiger partial charge on any atom is 0.434 e. The van der Waals surface area contributed by atoms with E-state index in [0.717, 1.165) is 0 Å². The summed E-state index contributed by atoms with van der Waals surface area (Å²) in [4.78, 5) is 3.38. The first kappa shape index (κ1) is 6.55. The van der Waals surface area contributed by atoms with Crippen LogP contribution in [0.3, 0.4) is 0 Å². The number of aryl methyl sites for hydroxylation is 1. The average molecular weight is 225 g/mol. The molecule has 0 aliphatic heterocycles. The molecule has 5 heteroatoms. The Morgan fingerprint density at radius 1 is 1.47 bits per heavy atom. The van der Waals surface area contributed by atoms with Gasteiger partial charge in [0.15, 0.2) is 5.69 Å². The Morgan fingerprint density at radius 3 is 2.47 bits per heavy atom. The van der Waals surface area contributed by atoms with Crippen molar-refractivity contribution in [2.24, 2.45) is 0 Å². The molecule has 0 spiro atoms. The van der Waals surface area contributed by atoms with Crippen LogP contribution in [0.4, 0.5) is 13.2 Å². The Bertz CT molecular complexity index is 496. The molecule has 0 atom stereocenters. The molecule has 0 radical (unpaired) electrons. The van der Waals surface area contributed by atoms with Crippen molar-refractivity contribution >= 4 is 0 Å². The van der Waals surface area contributed by atoms with E-state index >= 15 is 0 Å². The molecule has 2 nitrogen and oxygen atoms in total. The highest BCUT2D eigenvalue weighted by atomic mass is 19.4. The van der Waals surface area contributed by atoms with Crippen LogP contribution >= 0.6 is 0 Å². The molecule has 1 rings (SSSR count). The zero-order chi connectivity index (χ0) is 16.1. The number of rotatable bonds is 1. The Kier molecular flexibility index (Phi) is 1.55. The van der Waals surface area contributed by atoms with Crippen LogP contribution in [0.15, 0.2) is 6.20 Å². The third kappa shape index (κ3) is 2.52. The van der Waals surface area contributed by atoms with Crippen LogP contribution < -0.4 is 0 Å². The summed E-state index contributed by atoms with van der Waals surface area (Å²) in [6.07, 6.45) is -4.36.